The van der Waals surface area contributed by atoms with Crippen LogP contribution in [0.5, 0.6) is 0 Å². The Hall–Kier alpha value is -2.69. The normalized spacial score (nSPS) is 12.3. The number of imidazole rings is 1. The van der Waals surface area contributed by atoms with Crippen LogP contribution in [0.4, 0.5) is 4.39 Å². The molecule has 0 aliphatic rings. The second-order valence-electron chi connectivity index (χ2n) is 5.34. The van der Waals surface area contributed by atoms with Crippen molar-refractivity contribution < 1.29 is 9.18 Å². The number of amides is 1. The van der Waals surface area contributed by atoms with E-state index in [1.807, 2.05) is 32.0 Å². The number of rotatable bonds is 3. The summed E-state index contributed by atoms with van der Waals surface area (Å²) in [5.41, 5.74) is 3.37. The highest BCUT2D eigenvalue weighted by Crippen LogP contribution is 2.17. The van der Waals surface area contributed by atoms with Crippen molar-refractivity contribution in [3.63, 3.8) is 0 Å². The fourth-order valence-electron chi connectivity index (χ4n) is 2.30. The topological polar surface area (TPSA) is 57.8 Å². The molecule has 4 nitrogen and oxygen atoms in total. The molecule has 0 radical (unpaired) electrons. The van der Waals surface area contributed by atoms with Crippen LogP contribution >= 0.6 is 0 Å². The smallest absolute Gasteiger partial charge is 0.251 e. The van der Waals surface area contributed by atoms with E-state index in [1.54, 1.807) is 0 Å². The number of H-pyrrole nitrogens is 1. The van der Waals surface area contributed by atoms with Gasteiger partial charge >= 0.3 is 0 Å². The average molecular weight is 297 g/mol. The highest BCUT2D eigenvalue weighted by atomic mass is 19.1. The van der Waals surface area contributed by atoms with Gasteiger partial charge in [-0.2, -0.15) is 0 Å². The van der Waals surface area contributed by atoms with Gasteiger partial charge in [-0.1, -0.05) is 6.07 Å². The maximum Gasteiger partial charge on any atom is 0.251 e. The number of hydrogen-bond donors (Lipinski definition) is 2. The number of nitrogens with one attached hydrogen (secondary N) is 2. The summed E-state index contributed by atoms with van der Waals surface area (Å²) in [4.78, 5) is 19.8. The SMILES string of the molecule is Cc1ccc2nc(C(C)NC(=O)c3ccc(F)cc3)[nH]c2c1. The predicted molar refractivity (Wildman–Crippen MR) is 83.1 cm³/mol. The van der Waals surface area contributed by atoms with Gasteiger partial charge in [-0.3, -0.25) is 4.79 Å². The summed E-state index contributed by atoms with van der Waals surface area (Å²) in [7, 11) is 0. The molecule has 1 amide bonds. The Bertz CT molecular complexity index is 824. The lowest BCUT2D eigenvalue weighted by atomic mass is 10.2. The highest BCUT2D eigenvalue weighted by molar-refractivity contribution is 5.94. The molecule has 0 bridgehead atoms. The van der Waals surface area contributed by atoms with Crippen molar-refractivity contribution in [3.8, 4) is 0 Å². The van der Waals surface area contributed by atoms with Gasteiger partial charge in [-0.15, -0.1) is 0 Å². The molecular formula is C17H16FN3O. The van der Waals surface area contributed by atoms with E-state index in [9.17, 15) is 9.18 Å². The molecule has 0 saturated carbocycles. The molecular weight excluding hydrogens is 281 g/mol. The zero-order valence-electron chi connectivity index (χ0n) is 12.4. The van der Waals surface area contributed by atoms with Gasteiger partial charge in [-0.25, -0.2) is 9.37 Å². The zero-order valence-corrected chi connectivity index (χ0v) is 12.4. The van der Waals surface area contributed by atoms with Crippen molar-refractivity contribution in [2.24, 2.45) is 0 Å². The van der Waals surface area contributed by atoms with Crippen molar-refractivity contribution in [3.05, 3.63) is 65.2 Å². The molecule has 1 heterocycles. The van der Waals surface area contributed by atoms with Gasteiger partial charge in [0, 0.05) is 5.56 Å². The number of aryl methyl sites for hydroxylation is 1. The average Bonchev–Trinajstić information content (AvgIpc) is 2.91. The summed E-state index contributed by atoms with van der Waals surface area (Å²) >= 11 is 0. The first-order chi connectivity index (χ1) is 10.5. The lowest BCUT2D eigenvalue weighted by Crippen LogP contribution is -2.27. The van der Waals surface area contributed by atoms with Gasteiger partial charge in [0.05, 0.1) is 17.1 Å². The van der Waals surface area contributed by atoms with E-state index in [1.165, 1.54) is 24.3 Å². The van der Waals surface area contributed by atoms with Crippen LogP contribution in [0, 0.1) is 12.7 Å². The van der Waals surface area contributed by atoms with Crippen LogP contribution < -0.4 is 5.32 Å². The molecule has 1 unspecified atom stereocenters. The summed E-state index contributed by atoms with van der Waals surface area (Å²) in [6.45, 7) is 3.87. The molecule has 0 aliphatic heterocycles. The standard InChI is InChI=1S/C17H16FN3O/c1-10-3-8-14-15(9-10)21-16(20-14)11(2)19-17(22)12-4-6-13(18)7-5-12/h3-9,11H,1-2H3,(H,19,22)(H,20,21). The zero-order chi connectivity index (χ0) is 15.7. The van der Waals surface area contributed by atoms with Crippen molar-refractivity contribution in [1.82, 2.24) is 15.3 Å². The molecule has 2 N–H and O–H groups in total. The largest absolute Gasteiger partial charge is 0.342 e. The Labute approximate surface area is 127 Å². The Morgan fingerprint density at radius 3 is 2.68 bits per heavy atom. The Kier molecular flexibility index (Phi) is 3.63. The van der Waals surface area contributed by atoms with E-state index >= 15 is 0 Å². The minimum Gasteiger partial charge on any atom is -0.342 e. The van der Waals surface area contributed by atoms with Crippen molar-refractivity contribution >= 4 is 16.9 Å². The minimum atomic E-state index is -0.364. The molecule has 0 spiro atoms. The third-order valence-electron chi connectivity index (χ3n) is 3.52. The fourth-order valence-corrected chi connectivity index (χ4v) is 2.30. The number of nitrogens with zero attached hydrogens (tertiary/aromatic N) is 1. The van der Waals surface area contributed by atoms with Crippen molar-refractivity contribution in [2.75, 3.05) is 0 Å². The van der Waals surface area contributed by atoms with Crippen LogP contribution in [0.15, 0.2) is 42.5 Å². The van der Waals surface area contributed by atoms with Gasteiger partial charge in [0.1, 0.15) is 11.6 Å². The summed E-state index contributed by atoms with van der Waals surface area (Å²) in [5, 5.41) is 2.85. The molecule has 3 aromatic rings. The highest BCUT2D eigenvalue weighted by Gasteiger charge is 2.14. The van der Waals surface area contributed by atoms with Gasteiger partial charge < -0.3 is 10.3 Å². The van der Waals surface area contributed by atoms with E-state index in [4.69, 9.17) is 0 Å². The van der Waals surface area contributed by atoms with Crippen molar-refractivity contribution in [2.45, 2.75) is 19.9 Å². The van der Waals surface area contributed by atoms with Crippen LogP contribution in [-0.4, -0.2) is 15.9 Å². The van der Waals surface area contributed by atoms with Gasteiger partial charge in [0.2, 0.25) is 0 Å². The molecule has 1 atom stereocenters. The Morgan fingerprint density at radius 2 is 1.95 bits per heavy atom. The molecule has 5 heteroatoms. The lowest BCUT2D eigenvalue weighted by Gasteiger charge is -2.11. The van der Waals surface area contributed by atoms with Crippen LogP contribution in [0.2, 0.25) is 0 Å². The summed E-state index contributed by atoms with van der Waals surface area (Å²) in [5.74, 6) is 0.0671. The number of fused-ring (bicyclic) bond motifs is 1. The molecule has 2 aromatic carbocycles. The Morgan fingerprint density at radius 1 is 1.23 bits per heavy atom. The van der Waals surface area contributed by atoms with E-state index in [0.717, 1.165) is 16.6 Å². The minimum absolute atomic E-state index is 0.260. The maximum absolute atomic E-state index is 12.9. The third-order valence-corrected chi connectivity index (χ3v) is 3.52. The first kappa shape index (κ1) is 14.3. The quantitative estimate of drug-likeness (QED) is 0.777. The molecule has 0 saturated heterocycles. The monoisotopic (exact) mass is 297 g/mol. The van der Waals surface area contributed by atoms with E-state index in [2.05, 4.69) is 15.3 Å². The fraction of sp³-hybridized carbons (Fsp3) is 0.176. The van der Waals surface area contributed by atoms with Crippen molar-refractivity contribution in [1.29, 1.82) is 0 Å². The molecule has 3 rings (SSSR count). The van der Waals surface area contributed by atoms with E-state index < -0.39 is 0 Å². The van der Waals surface area contributed by atoms with E-state index in [0.29, 0.717) is 11.4 Å². The van der Waals surface area contributed by atoms with Crippen LogP contribution in [-0.2, 0) is 0 Å². The second-order valence-corrected chi connectivity index (χ2v) is 5.34. The van der Waals surface area contributed by atoms with Gasteiger partial charge in [-0.05, 0) is 55.8 Å². The number of hydrogen-bond acceptors (Lipinski definition) is 2. The lowest BCUT2D eigenvalue weighted by molar-refractivity contribution is 0.0938. The number of aromatic nitrogens is 2. The Balaban J connectivity index is 1.79. The number of halogens is 1. The second kappa shape index (κ2) is 5.60. The summed E-state index contributed by atoms with van der Waals surface area (Å²) in [6.07, 6.45) is 0. The molecule has 0 fully saturated rings. The maximum atomic E-state index is 12.9. The van der Waals surface area contributed by atoms with Gasteiger partial charge in [0.15, 0.2) is 0 Å². The first-order valence-electron chi connectivity index (χ1n) is 7.05. The third kappa shape index (κ3) is 2.83. The molecule has 22 heavy (non-hydrogen) atoms. The van der Waals surface area contributed by atoms with Crippen LogP contribution in [0.3, 0.4) is 0 Å². The molecule has 0 aliphatic carbocycles. The van der Waals surface area contributed by atoms with Gasteiger partial charge in [0.25, 0.3) is 5.91 Å². The number of benzene rings is 2. The number of carbonyl (C=O) groups excluding carboxylic acids is 1. The summed E-state index contributed by atoms with van der Waals surface area (Å²) in [6, 6.07) is 11.1. The number of carbonyl (C=O) groups is 1. The molecule has 1 aromatic heterocycles. The first-order valence-corrected chi connectivity index (χ1v) is 7.05. The number of aromatic amines is 1. The van der Waals surface area contributed by atoms with Crippen LogP contribution in [0.25, 0.3) is 11.0 Å². The van der Waals surface area contributed by atoms with Crippen LogP contribution in [0.1, 0.15) is 34.7 Å². The predicted octanol–water partition coefficient (Wildman–Crippen LogP) is 3.50. The van der Waals surface area contributed by atoms with E-state index in [-0.39, 0.29) is 17.8 Å². The molecule has 112 valence electrons. The summed E-state index contributed by atoms with van der Waals surface area (Å²) < 4.78 is 12.9.